The van der Waals surface area contributed by atoms with Crippen molar-refractivity contribution in [3.05, 3.63) is 34.6 Å². The molecule has 0 aliphatic heterocycles. The van der Waals surface area contributed by atoms with Crippen LogP contribution in [0.15, 0.2) is 33.3 Å². The van der Waals surface area contributed by atoms with Crippen molar-refractivity contribution >= 4 is 15.9 Å². The van der Waals surface area contributed by atoms with Crippen molar-refractivity contribution in [1.29, 1.82) is 5.26 Å². The molecule has 0 amide bonds. The molecule has 0 radical (unpaired) electrons. The molecule has 84 valence electrons. The minimum Gasteiger partial charge on any atom is -0.339 e. The van der Waals surface area contributed by atoms with E-state index in [0.29, 0.717) is 11.7 Å². The average molecular weight is 290 g/mol. The van der Waals surface area contributed by atoms with E-state index in [-0.39, 0.29) is 11.8 Å². The summed E-state index contributed by atoms with van der Waals surface area (Å²) in [5, 5.41) is 12.7. The van der Waals surface area contributed by atoms with Gasteiger partial charge >= 0.3 is 0 Å². The van der Waals surface area contributed by atoms with Crippen molar-refractivity contribution in [2.24, 2.45) is 5.92 Å². The van der Waals surface area contributed by atoms with Gasteiger partial charge < -0.3 is 4.52 Å². The highest BCUT2D eigenvalue weighted by Gasteiger charge is 2.43. The molecule has 1 saturated carbocycles. The van der Waals surface area contributed by atoms with E-state index in [1.54, 1.807) is 0 Å². The molecule has 3 rings (SSSR count). The van der Waals surface area contributed by atoms with Crippen LogP contribution in [0.25, 0.3) is 11.4 Å². The zero-order chi connectivity index (χ0) is 11.8. The lowest BCUT2D eigenvalue weighted by Crippen LogP contribution is -1.83. The highest BCUT2D eigenvalue weighted by molar-refractivity contribution is 9.10. The van der Waals surface area contributed by atoms with E-state index >= 15 is 0 Å². The minimum atomic E-state index is 0.0493. The van der Waals surface area contributed by atoms with E-state index in [0.717, 1.165) is 16.5 Å². The number of hydrogen-bond donors (Lipinski definition) is 0. The number of nitriles is 1. The predicted octanol–water partition coefficient (Wildman–Crippen LogP) is 3.13. The van der Waals surface area contributed by atoms with E-state index in [2.05, 4.69) is 32.1 Å². The normalized spacial score (nSPS) is 22.1. The second-order valence-electron chi connectivity index (χ2n) is 4.04. The Hall–Kier alpha value is -1.67. The van der Waals surface area contributed by atoms with Gasteiger partial charge in [-0.15, -0.1) is 0 Å². The molecule has 2 atom stereocenters. The molecule has 5 heteroatoms. The number of nitrogens with zero attached hydrogens (tertiary/aromatic N) is 3. The first-order valence-electron chi connectivity index (χ1n) is 5.27. The lowest BCUT2D eigenvalue weighted by atomic mass is 10.2. The van der Waals surface area contributed by atoms with E-state index in [1.807, 2.05) is 24.3 Å². The monoisotopic (exact) mass is 289 g/mol. The number of benzene rings is 1. The lowest BCUT2D eigenvalue weighted by Gasteiger charge is -1.93. The SMILES string of the molecule is N#CC1CC1c1nc(-c2ccc(Br)cc2)no1. The van der Waals surface area contributed by atoms with Gasteiger partial charge in [-0.05, 0) is 30.7 Å². The molecule has 2 aromatic rings. The first kappa shape index (κ1) is 10.5. The Labute approximate surface area is 106 Å². The third-order valence-corrected chi connectivity index (χ3v) is 3.35. The first-order chi connectivity index (χ1) is 8.28. The Morgan fingerprint density at radius 1 is 1.35 bits per heavy atom. The van der Waals surface area contributed by atoms with Crippen molar-refractivity contribution in [3.63, 3.8) is 0 Å². The third-order valence-electron chi connectivity index (χ3n) is 2.82. The van der Waals surface area contributed by atoms with Gasteiger partial charge in [-0.3, -0.25) is 0 Å². The van der Waals surface area contributed by atoms with Gasteiger partial charge in [0.2, 0.25) is 11.7 Å². The van der Waals surface area contributed by atoms with E-state index in [1.165, 1.54) is 0 Å². The van der Waals surface area contributed by atoms with Crippen LogP contribution >= 0.6 is 15.9 Å². The van der Waals surface area contributed by atoms with Crippen LogP contribution in [-0.4, -0.2) is 10.1 Å². The van der Waals surface area contributed by atoms with Crippen molar-refractivity contribution in [2.45, 2.75) is 12.3 Å². The molecule has 0 bridgehead atoms. The summed E-state index contributed by atoms with van der Waals surface area (Å²) in [7, 11) is 0. The molecule has 0 spiro atoms. The lowest BCUT2D eigenvalue weighted by molar-refractivity contribution is 0.378. The molecule has 1 aromatic heterocycles. The van der Waals surface area contributed by atoms with Crippen LogP contribution in [0.3, 0.4) is 0 Å². The van der Waals surface area contributed by atoms with E-state index in [9.17, 15) is 0 Å². The second-order valence-corrected chi connectivity index (χ2v) is 4.96. The zero-order valence-electron chi connectivity index (χ0n) is 8.80. The largest absolute Gasteiger partial charge is 0.339 e. The number of rotatable bonds is 2. The molecule has 0 N–H and O–H groups in total. The molecule has 1 aromatic carbocycles. The zero-order valence-corrected chi connectivity index (χ0v) is 10.4. The van der Waals surface area contributed by atoms with Crippen molar-refractivity contribution in [1.82, 2.24) is 10.1 Å². The molecular formula is C12H8BrN3O. The van der Waals surface area contributed by atoms with Crippen LogP contribution in [0, 0.1) is 17.2 Å². The van der Waals surface area contributed by atoms with Gasteiger partial charge in [0.15, 0.2) is 0 Å². The summed E-state index contributed by atoms with van der Waals surface area (Å²) in [6.07, 6.45) is 0.832. The van der Waals surface area contributed by atoms with Crippen molar-refractivity contribution in [3.8, 4) is 17.5 Å². The summed E-state index contributed by atoms with van der Waals surface area (Å²) in [6.45, 7) is 0. The second kappa shape index (κ2) is 3.97. The highest BCUT2D eigenvalue weighted by Crippen LogP contribution is 2.46. The third kappa shape index (κ3) is 1.96. The number of halogens is 1. The fourth-order valence-corrected chi connectivity index (χ4v) is 1.98. The van der Waals surface area contributed by atoms with Crippen LogP contribution in [0.4, 0.5) is 0 Å². The molecule has 1 aliphatic rings. The maximum Gasteiger partial charge on any atom is 0.231 e. The van der Waals surface area contributed by atoms with Gasteiger partial charge in [-0.2, -0.15) is 10.2 Å². The molecule has 17 heavy (non-hydrogen) atoms. The van der Waals surface area contributed by atoms with E-state index < -0.39 is 0 Å². The molecular weight excluding hydrogens is 282 g/mol. The highest BCUT2D eigenvalue weighted by atomic mass is 79.9. The maximum absolute atomic E-state index is 8.75. The fourth-order valence-electron chi connectivity index (χ4n) is 1.71. The fraction of sp³-hybridized carbons (Fsp3) is 0.250. The molecule has 4 nitrogen and oxygen atoms in total. The molecule has 1 fully saturated rings. The maximum atomic E-state index is 8.75. The minimum absolute atomic E-state index is 0.0493. The first-order valence-corrected chi connectivity index (χ1v) is 6.06. The summed E-state index contributed by atoms with van der Waals surface area (Å²) in [6, 6.07) is 9.92. The molecule has 0 saturated heterocycles. The van der Waals surface area contributed by atoms with Gasteiger partial charge in [0.1, 0.15) is 0 Å². The van der Waals surface area contributed by atoms with Crippen LogP contribution in [-0.2, 0) is 0 Å². The van der Waals surface area contributed by atoms with Crippen molar-refractivity contribution < 1.29 is 4.52 Å². The van der Waals surface area contributed by atoms with Gasteiger partial charge in [-0.1, -0.05) is 21.1 Å². The van der Waals surface area contributed by atoms with Crippen LogP contribution in [0.5, 0.6) is 0 Å². The van der Waals surface area contributed by atoms with Gasteiger partial charge in [0, 0.05) is 10.0 Å². The van der Waals surface area contributed by atoms with E-state index in [4.69, 9.17) is 9.78 Å². The smallest absolute Gasteiger partial charge is 0.231 e. The Balaban J connectivity index is 1.86. The number of hydrogen-bond acceptors (Lipinski definition) is 4. The predicted molar refractivity (Wildman–Crippen MR) is 63.9 cm³/mol. The molecule has 1 aliphatic carbocycles. The Bertz CT molecular complexity index is 585. The summed E-state index contributed by atoms with van der Waals surface area (Å²) in [4.78, 5) is 4.33. The molecule has 1 heterocycles. The van der Waals surface area contributed by atoms with Gasteiger partial charge in [-0.25, -0.2) is 0 Å². The quantitative estimate of drug-likeness (QED) is 0.852. The van der Waals surface area contributed by atoms with Crippen LogP contribution in [0.2, 0.25) is 0 Å². The van der Waals surface area contributed by atoms with Gasteiger partial charge in [0.05, 0.1) is 17.9 Å². The Morgan fingerprint density at radius 3 is 2.76 bits per heavy atom. The number of aromatic nitrogens is 2. The summed E-state index contributed by atoms with van der Waals surface area (Å²) in [5.41, 5.74) is 0.914. The topological polar surface area (TPSA) is 62.7 Å². The Kier molecular flexibility index (Phi) is 2.45. The van der Waals surface area contributed by atoms with Crippen LogP contribution in [0.1, 0.15) is 18.2 Å². The standard InChI is InChI=1S/C12H8BrN3O/c13-9-3-1-7(2-4-9)11-15-12(17-16-11)10-5-8(10)6-14/h1-4,8,10H,5H2. The average Bonchev–Trinajstić information content (AvgIpc) is 2.99. The summed E-state index contributed by atoms with van der Waals surface area (Å²) < 4.78 is 6.19. The van der Waals surface area contributed by atoms with Crippen molar-refractivity contribution in [2.75, 3.05) is 0 Å². The Morgan fingerprint density at radius 2 is 2.12 bits per heavy atom. The molecule has 2 unspecified atom stereocenters. The van der Waals surface area contributed by atoms with Crippen LogP contribution < -0.4 is 0 Å². The summed E-state index contributed by atoms with van der Waals surface area (Å²) >= 11 is 3.37. The summed E-state index contributed by atoms with van der Waals surface area (Å²) in [5.74, 6) is 1.34. The van der Waals surface area contributed by atoms with Gasteiger partial charge in [0.25, 0.3) is 0 Å².